The Hall–Kier alpha value is -1.21. The first-order valence-corrected chi connectivity index (χ1v) is 8.99. The minimum absolute atomic E-state index is 0.0132. The number of alkyl halides is 3. The summed E-state index contributed by atoms with van der Waals surface area (Å²) in [5.41, 5.74) is 1.02. The SMILES string of the molecule is CSc1ccc(CN(C)CC(=O)N(CC(C)C)CC(F)(F)F)cc1. The molecule has 0 aliphatic heterocycles. The fraction of sp³-hybridized carbons (Fsp3) is 0.588. The summed E-state index contributed by atoms with van der Waals surface area (Å²) in [6.07, 6.45) is -2.39. The van der Waals surface area contributed by atoms with Crippen molar-refractivity contribution in [2.75, 3.05) is 32.9 Å². The number of benzene rings is 1. The van der Waals surface area contributed by atoms with E-state index in [4.69, 9.17) is 0 Å². The minimum atomic E-state index is -4.38. The van der Waals surface area contributed by atoms with Gasteiger partial charge >= 0.3 is 6.18 Å². The predicted octanol–water partition coefficient (Wildman–Crippen LogP) is 3.89. The van der Waals surface area contributed by atoms with Crippen LogP contribution < -0.4 is 0 Å². The normalized spacial score (nSPS) is 12.0. The molecule has 136 valence electrons. The maximum atomic E-state index is 12.7. The van der Waals surface area contributed by atoms with Crippen LogP contribution in [0.2, 0.25) is 0 Å². The van der Waals surface area contributed by atoms with E-state index in [0.717, 1.165) is 15.4 Å². The Bertz CT molecular complexity index is 518. The Morgan fingerprint density at radius 1 is 1.21 bits per heavy atom. The second-order valence-corrected chi connectivity index (χ2v) is 7.18. The lowest BCUT2D eigenvalue weighted by Crippen LogP contribution is -2.45. The number of hydrogen-bond donors (Lipinski definition) is 0. The van der Waals surface area contributed by atoms with Crippen molar-refractivity contribution in [3.63, 3.8) is 0 Å². The van der Waals surface area contributed by atoms with Crippen LogP contribution in [0.5, 0.6) is 0 Å². The first-order chi connectivity index (χ1) is 11.1. The number of rotatable bonds is 8. The van der Waals surface area contributed by atoms with Crippen LogP contribution >= 0.6 is 11.8 Å². The Labute approximate surface area is 146 Å². The quantitative estimate of drug-likeness (QED) is 0.656. The molecule has 0 bridgehead atoms. The van der Waals surface area contributed by atoms with E-state index >= 15 is 0 Å². The lowest BCUT2D eigenvalue weighted by atomic mass is 10.2. The maximum absolute atomic E-state index is 12.7. The molecule has 0 radical (unpaired) electrons. The van der Waals surface area contributed by atoms with Gasteiger partial charge in [-0.15, -0.1) is 11.8 Å². The third kappa shape index (κ3) is 8.06. The number of thioether (sulfide) groups is 1. The van der Waals surface area contributed by atoms with Crippen molar-refractivity contribution in [2.45, 2.75) is 31.5 Å². The zero-order valence-corrected chi connectivity index (χ0v) is 15.4. The van der Waals surface area contributed by atoms with Crippen LogP contribution in [0.3, 0.4) is 0 Å². The molecule has 1 amide bonds. The standard InChI is InChI=1S/C17H25F3N2OS/c1-13(2)9-22(12-17(18,19)20)16(23)11-21(3)10-14-5-7-15(24-4)8-6-14/h5-8,13H,9-12H2,1-4H3. The van der Waals surface area contributed by atoms with Crippen LogP contribution in [0.4, 0.5) is 13.2 Å². The lowest BCUT2D eigenvalue weighted by molar-refractivity contribution is -0.162. The van der Waals surface area contributed by atoms with Crippen LogP contribution in [-0.2, 0) is 11.3 Å². The molecule has 0 heterocycles. The molecule has 0 atom stereocenters. The number of hydrogen-bond acceptors (Lipinski definition) is 3. The first kappa shape index (κ1) is 20.8. The molecule has 0 aliphatic carbocycles. The molecule has 24 heavy (non-hydrogen) atoms. The van der Waals surface area contributed by atoms with E-state index < -0.39 is 18.6 Å². The lowest BCUT2D eigenvalue weighted by Gasteiger charge is -2.28. The predicted molar refractivity (Wildman–Crippen MR) is 92.0 cm³/mol. The highest BCUT2D eigenvalue weighted by Gasteiger charge is 2.33. The van der Waals surface area contributed by atoms with Gasteiger partial charge in [0.1, 0.15) is 6.54 Å². The number of nitrogens with zero attached hydrogens (tertiary/aromatic N) is 2. The van der Waals surface area contributed by atoms with Gasteiger partial charge in [-0.05, 0) is 36.9 Å². The van der Waals surface area contributed by atoms with Gasteiger partial charge in [-0.3, -0.25) is 9.69 Å². The topological polar surface area (TPSA) is 23.6 Å². The van der Waals surface area contributed by atoms with E-state index in [1.807, 2.05) is 30.5 Å². The van der Waals surface area contributed by atoms with Gasteiger partial charge in [0.05, 0.1) is 6.54 Å². The van der Waals surface area contributed by atoms with Gasteiger partial charge < -0.3 is 4.90 Å². The molecule has 0 aliphatic rings. The Balaban J connectivity index is 2.63. The number of likely N-dealkylation sites (N-methyl/N-ethyl adjacent to an activating group) is 1. The largest absolute Gasteiger partial charge is 0.406 e. The van der Waals surface area contributed by atoms with Crippen molar-refractivity contribution in [1.82, 2.24) is 9.80 Å². The van der Waals surface area contributed by atoms with Crippen molar-refractivity contribution in [3.8, 4) is 0 Å². The van der Waals surface area contributed by atoms with Crippen LogP contribution in [0, 0.1) is 5.92 Å². The van der Waals surface area contributed by atoms with Gasteiger partial charge in [-0.25, -0.2) is 0 Å². The van der Waals surface area contributed by atoms with Crippen molar-refractivity contribution in [2.24, 2.45) is 5.92 Å². The van der Waals surface area contributed by atoms with Crippen molar-refractivity contribution in [1.29, 1.82) is 0 Å². The van der Waals surface area contributed by atoms with E-state index in [0.29, 0.717) is 6.54 Å². The van der Waals surface area contributed by atoms with Crippen molar-refractivity contribution < 1.29 is 18.0 Å². The summed E-state index contributed by atoms with van der Waals surface area (Å²) in [6.45, 7) is 2.99. The van der Waals surface area contributed by atoms with E-state index in [1.165, 1.54) is 0 Å². The van der Waals surface area contributed by atoms with Gasteiger partial charge in [0.15, 0.2) is 0 Å². The Kier molecular flexibility index (Phi) is 8.09. The average Bonchev–Trinajstić information content (AvgIpc) is 2.45. The minimum Gasteiger partial charge on any atom is -0.332 e. The molecule has 0 N–H and O–H groups in total. The zero-order chi connectivity index (χ0) is 18.3. The monoisotopic (exact) mass is 362 g/mol. The molecular weight excluding hydrogens is 337 g/mol. The smallest absolute Gasteiger partial charge is 0.332 e. The summed E-state index contributed by atoms with van der Waals surface area (Å²) in [4.78, 5) is 16.0. The molecule has 0 aromatic heterocycles. The molecule has 7 heteroatoms. The highest BCUT2D eigenvalue weighted by atomic mass is 32.2. The van der Waals surface area contributed by atoms with E-state index in [-0.39, 0.29) is 19.0 Å². The summed E-state index contributed by atoms with van der Waals surface area (Å²) in [5.74, 6) is -0.509. The summed E-state index contributed by atoms with van der Waals surface area (Å²) in [5, 5.41) is 0. The zero-order valence-electron chi connectivity index (χ0n) is 14.6. The molecule has 1 aromatic rings. The second kappa shape index (κ2) is 9.32. The highest BCUT2D eigenvalue weighted by molar-refractivity contribution is 7.98. The molecule has 0 unspecified atom stereocenters. The molecule has 0 fully saturated rings. The van der Waals surface area contributed by atoms with Crippen LogP contribution in [0.15, 0.2) is 29.2 Å². The molecule has 0 saturated carbocycles. The van der Waals surface area contributed by atoms with Gasteiger partial charge in [0.25, 0.3) is 0 Å². The Morgan fingerprint density at radius 2 is 1.79 bits per heavy atom. The third-order valence-electron chi connectivity index (χ3n) is 3.33. The van der Waals surface area contributed by atoms with Gasteiger partial charge in [0, 0.05) is 18.0 Å². The van der Waals surface area contributed by atoms with Crippen LogP contribution in [0.1, 0.15) is 19.4 Å². The molecule has 1 aromatic carbocycles. The second-order valence-electron chi connectivity index (χ2n) is 6.30. The first-order valence-electron chi connectivity index (χ1n) is 7.76. The molecule has 0 spiro atoms. The van der Waals surface area contributed by atoms with E-state index in [1.54, 1.807) is 37.6 Å². The van der Waals surface area contributed by atoms with Crippen molar-refractivity contribution in [3.05, 3.63) is 29.8 Å². The van der Waals surface area contributed by atoms with Gasteiger partial charge in [0.2, 0.25) is 5.91 Å². The Morgan fingerprint density at radius 3 is 2.25 bits per heavy atom. The number of carbonyl (C=O) groups is 1. The molecule has 3 nitrogen and oxygen atoms in total. The summed E-state index contributed by atoms with van der Waals surface area (Å²) < 4.78 is 38.0. The summed E-state index contributed by atoms with van der Waals surface area (Å²) in [6, 6.07) is 7.91. The summed E-state index contributed by atoms with van der Waals surface area (Å²) in [7, 11) is 1.74. The average molecular weight is 362 g/mol. The fourth-order valence-electron chi connectivity index (χ4n) is 2.34. The van der Waals surface area contributed by atoms with Gasteiger partial charge in [-0.2, -0.15) is 13.2 Å². The number of carbonyl (C=O) groups excluding carboxylic acids is 1. The van der Waals surface area contributed by atoms with Crippen LogP contribution in [-0.4, -0.2) is 54.8 Å². The van der Waals surface area contributed by atoms with Gasteiger partial charge in [-0.1, -0.05) is 26.0 Å². The number of amides is 1. The highest BCUT2D eigenvalue weighted by Crippen LogP contribution is 2.18. The van der Waals surface area contributed by atoms with E-state index in [2.05, 4.69) is 0 Å². The van der Waals surface area contributed by atoms with Crippen LogP contribution in [0.25, 0.3) is 0 Å². The summed E-state index contributed by atoms with van der Waals surface area (Å²) >= 11 is 1.64. The maximum Gasteiger partial charge on any atom is 0.406 e. The molecule has 1 rings (SSSR count). The third-order valence-corrected chi connectivity index (χ3v) is 4.07. The number of halogens is 3. The van der Waals surface area contributed by atoms with Crippen molar-refractivity contribution >= 4 is 17.7 Å². The fourth-order valence-corrected chi connectivity index (χ4v) is 2.75. The van der Waals surface area contributed by atoms with E-state index in [9.17, 15) is 18.0 Å². The molecule has 0 saturated heterocycles. The molecular formula is C17H25F3N2OS.